The number of rotatable bonds is 7. The van der Waals surface area contributed by atoms with Crippen LogP contribution in [0.1, 0.15) is 28.1 Å². The molecule has 2 rings (SSSR count). The van der Waals surface area contributed by atoms with Gasteiger partial charge in [0.15, 0.2) is 0 Å². The zero-order valence-corrected chi connectivity index (χ0v) is 12.3. The van der Waals surface area contributed by atoms with Gasteiger partial charge in [0.05, 0.1) is 11.3 Å². The van der Waals surface area contributed by atoms with E-state index in [0.29, 0.717) is 11.3 Å². The Morgan fingerprint density at radius 2 is 1.90 bits per heavy atom. The molecular weight excluding hydrogens is 286 g/mol. The van der Waals surface area contributed by atoms with Crippen molar-refractivity contribution in [3.63, 3.8) is 0 Å². The molecule has 1 aromatic heterocycles. The summed E-state index contributed by atoms with van der Waals surface area (Å²) in [5.74, 6) is -1.11. The molecule has 0 aliphatic carbocycles. The van der Waals surface area contributed by atoms with Crippen LogP contribution in [0.25, 0.3) is 0 Å². The maximum Gasteiger partial charge on any atom is 0.305 e. The van der Waals surface area contributed by atoms with Crippen LogP contribution >= 0.6 is 11.3 Å². The first-order valence-electron chi connectivity index (χ1n) is 6.75. The molecule has 1 atom stereocenters. The van der Waals surface area contributed by atoms with E-state index in [-0.39, 0.29) is 18.4 Å². The standard InChI is InChI=1S/C16H17NO3S/c18-15(19)11-13(9-8-12-5-2-1-3-6-12)17-16(20)14-7-4-10-21-14/h1-7,10,13H,8-9,11H2,(H,17,20)(H,18,19). The molecule has 0 saturated carbocycles. The van der Waals surface area contributed by atoms with Crippen molar-refractivity contribution in [3.8, 4) is 0 Å². The molecule has 0 spiro atoms. The number of thiophene rings is 1. The molecule has 21 heavy (non-hydrogen) atoms. The first-order chi connectivity index (χ1) is 10.1. The van der Waals surface area contributed by atoms with Gasteiger partial charge in [0, 0.05) is 6.04 Å². The summed E-state index contributed by atoms with van der Waals surface area (Å²) in [5, 5.41) is 13.6. The van der Waals surface area contributed by atoms with Gasteiger partial charge in [0.2, 0.25) is 0 Å². The van der Waals surface area contributed by atoms with Gasteiger partial charge >= 0.3 is 5.97 Å². The van der Waals surface area contributed by atoms with E-state index in [1.165, 1.54) is 11.3 Å². The van der Waals surface area contributed by atoms with E-state index in [0.717, 1.165) is 12.0 Å². The fourth-order valence-corrected chi connectivity index (χ4v) is 2.71. The van der Waals surface area contributed by atoms with Crippen LogP contribution in [0.2, 0.25) is 0 Å². The summed E-state index contributed by atoms with van der Waals surface area (Å²) in [4.78, 5) is 23.6. The fourth-order valence-electron chi connectivity index (χ4n) is 2.09. The molecule has 2 aromatic rings. The van der Waals surface area contributed by atoms with Crippen molar-refractivity contribution in [1.29, 1.82) is 0 Å². The van der Waals surface area contributed by atoms with Gasteiger partial charge in [-0.3, -0.25) is 9.59 Å². The number of nitrogens with one attached hydrogen (secondary N) is 1. The molecule has 110 valence electrons. The maximum absolute atomic E-state index is 12.0. The molecular formula is C16H17NO3S. The van der Waals surface area contributed by atoms with E-state index in [9.17, 15) is 9.59 Å². The Kier molecular flexibility index (Phi) is 5.51. The normalized spacial score (nSPS) is 11.8. The molecule has 0 saturated heterocycles. The average molecular weight is 303 g/mol. The van der Waals surface area contributed by atoms with Crippen molar-refractivity contribution < 1.29 is 14.7 Å². The molecule has 1 unspecified atom stereocenters. The lowest BCUT2D eigenvalue weighted by Crippen LogP contribution is -2.36. The van der Waals surface area contributed by atoms with Gasteiger partial charge in [0.1, 0.15) is 0 Å². The summed E-state index contributed by atoms with van der Waals surface area (Å²) in [6.45, 7) is 0. The van der Waals surface area contributed by atoms with Crippen LogP contribution in [-0.4, -0.2) is 23.0 Å². The Hall–Kier alpha value is -2.14. The van der Waals surface area contributed by atoms with E-state index in [2.05, 4.69) is 5.32 Å². The predicted molar refractivity (Wildman–Crippen MR) is 82.6 cm³/mol. The number of hydrogen-bond donors (Lipinski definition) is 2. The Labute approximate surface area is 127 Å². The van der Waals surface area contributed by atoms with Crippen molar-refractivity contribution in [2.45, 2.75) is 25.3 Å². The van der Waals surface area contributed by atoms with Crippen LogP contribution in [0.4, 0.5) is 0 Å². The van der Waals surface area contributed by atoms with E-state index >= 15 is 0 Å². The summed E-state index contributed by atoms with van der Waals surface area (Å²) < 4.78 is 0. The van der Waals surface area contributed by atoms with Crippen LogP contribution in [0, 0.1) is 0 Å². The SMILES string of the molecule is O=C(O)CC(CCc1ccccc1)NC(=O)c1cccs1. The largest absolute Gasteiger partial charge is 0.481 e. The van der Waals surface area contributed by atoms with Gasteiger partial charge in [-0.25, -0.2) is 0 Å². The van der Waals surface area contributed by atoms with Crippen LogP contribution in [0.15, 0.2) is 47.8 Å². The summed E-state index contributed by atoms with van der Waals surface area (Å²) in [5.41, 5.74) is 1.14. The second-order valence-electron chi connectivity index (χ2n) is 4.77. The second-order valence-corrected chi connectivity index (χ2v) is 5.72. The third-order valence-corrected chi connectivity index (χ3v) is 3.99. The highest BCUT2D eigenvalue weighted by Gasteiger charge is 2.17. The minimum Gasteiger partial charge on any atom is -0.481 e. The number of carboxylic acid groups (broad SMARTS) is 1. The van der Waals surface area contributed by atoms with Crippen LogP contribution in [-0.2, 0) is 11.2 Å². The van der Waals surface area contributed by atoms with Crippen molar-refractivity contribution in [1.82, 2.24) is 5.32 Å². The third-order valence-electron chi connectivity index (χ3n) is 3.13. The maximum atomic E-state index is 12.0. The summed E-state index contributed by atoms with van der Waals surface area (Å²) in [7, 11) is 0. The first-order valence-corrected chi connectivity index (χ1v) is 7.63. The van der Waals surface area contributed by atoms with Gasteiger partial charge < -0.3 is 10.4 Å². The summed E-state index contributed by atoms with van der Waals surface area (Å²) in [6.07, 6.45) is 1.28. The Bertz CT molecular complexity index is 581. The molecule has 2 N–H and O–H groups in total. The molecule has 0 aliphatic rings. The molecule has 0 fully saturated rings. The van der Waals surface area contributed by atoms with Gasteiger partial charge in [0.25, 0.3) is 5.91 Å². The molecule has 4 nitrogen and oxygen atoms in total. The van der Waals surface area contributed by atoms with Crippen LogP contribution in [0.3, 0.4) is 0 Å². The summed E-state index contributed by atoms with van der Waals surface area (Å²) >= 11 is 1.35. The zero-order chi connectivity index (χ0) is 15.1. The smallest absolute Gasteiger partial charge is 0.305 e. The van der Waals surface area contributed by atoms with Crippen molar-refractivity contribution >= 4 is 23.2 Å². The molecule has 5 heteroatoms. The average Bonchev–Trinajstić information content (AvgIpc) is 2.99. The predicted octanol–water partition coefficient (Wildman–Crippen LogP) is 2.95. The molecule has 0 bridgehead atoms. The number of carbonyl (C=O) groups is 2. The molecule has 0 aliphatic heterocycles. The van der Waals surface area contributed by atoms with E-state index in [4.69, 9.17) is 5.11 Å². The van der Waals surface area contributed by atoms with E-state index in [1.807, 2.05) is 35.7 Å². The van der Waals surface area contributed by atoms with Crippen LogP contribution in [0.5, 0.6) is 0 Å². The molecule has 1 aromatic carbocycles. The van der Waals surface area contributed by atoms with Crippen molar-refractivity contribution in [2.24, 2.45) is 0 Å². The van der Waals surface area contributed by atoms with Crippen LogP contribution < -0.4 is 5.32 Å². The Balaban J connectivity index is 1.94. The molecule has 1 heterocycles. The second kappa shape index (κ2) is 7.59. The quantitative estimate of drug-likeness (QED) is 0.826. The molecule has 0 radical (unpaired) electrons. The first kappa shape index (κ1) is 15.3. The topological polar surface area (TPSA) is 66.4 Å². The van der Waals surface area contributed by atoms with Crippen molar-refractivity contribution in [3.05, 3.63) is 58.3 Å². The minimum absolute atomic E-state index is 0.0655. The van der Waals surface area contributed by atoms with Gasteiger partial charge in [-0.2, -0.15) is 0 Å². The lowest BCUT2D eigenvalue weighted by atomic mass is 10.0. The summed E-state index contributed by atoms with van der Waals surface area (Å²) in [6, 6.07) is 13.0. The monoisotopic (exact) mass is 303 g/mol. The van der Waals surface area contributed by atoms with Crippen molar-refractivity contribution in [2.75, 3.05) is 0 Å². The Morgan fingerprint density at radius 3 is 2.52 bits per heavy atom. The number of amides is 1. The minimum atomic E-state index is -0.903. The Morgan fingerprint density at radius 1 is 1.14 bits per heavy atom. The number of hydrogen-bond acceptors (Lipinski definition) is 3. The lowest BCUT2D eigenvalue weighted by molar-refractivity contribution is -0.137. The fraction of sp³-hybridized carbons (Fsp3) is 0.250. The van der Waals surface area contributed by atoms with E-state index < -0.39 is 5.97 Å². The number of benzene rings is 1. The zero-order valence-electron chi connectivity index (χ0n) is 11.5. The highest BCUT2D eigenvalue weighted by molar-refractivity contribution is 7.12. The number of aliphatic carboxylic acids is 1. The third kappa shape index (κ3) is 5.04. The highest BCUT2D eigenvalue weighted by atomic mass is 32.1. The number of carbonyl (C=O) groups excluding carboxylic acids is 1. The van der Waals surface area contributed by atoms with Gasteiger partial charge in [-0.15, -0.1) is 11.3 Å². The number of aryl methyl sites for hydroxylation is 1. The van der Waals surface area contributed by atoms with E-state index in [1.54, 1.807) is 12.1 Å². The lowest BCUT2D eigenvalue weighted by Gasteiger charge is -2.16. The van der Waals surface area contributed by atoms with Gasteiger partial charge in [-0.05, 0) is 29.9 Å². The highest BCUT2D eigenvalue weighted by Crippen LogP contribution is 2.11. The van der Waals surface area contributed by atoms with Gasteiger partial charge in [-0.1, -0.05) is 36.4 Å². The number of carboxylic acids is 1. The molecule has 1 amide bonds.